The zero-order valence-corrected chi connectivity index (χ0v) is 15.6. The molecule has 0 atom stereocenters. The van der Waals surface area contributed by atoms with Crippen molar-refractivity contribution in [3.63, 3.8) is 0 Å². The van der Waals surface area contributed by atoms with Crippen LogP contribution in [0.25, 0.3) is 0 Å². The van der Waals surface area contributed by atoms with E-state index in [9.17, 15) is 23.3 Å². The van der Waals surface area contributed by atoms with Gasteiger partial charge in [-0.1, -0.05) is 0 Å². The number of methoxy groups -OCH3 is 1. The zero-order chi connectivity index (χ0) is 21.0. The van der Waals surface area contributed by atoms with Crippen LogP contribution in [0.1, 0.15) is 10.4 Å². The highest BCUT2D eigenvalue weighted by atomic mass is 32.2. The number of amides is 1. The number of sulfonamides is 1. The number of hydrogen-bond donors (Lipinski definition) is 3. The minimum Gasteiger partial charge on any atom is -0.495 e. The predicted molar refractivity (Wildman–Crippen MR) is 101 cm³/mol. The highest BCUT2D eigenvalue weighted by molar-refractivity contribution is 7.92. The third-order valence-corrected chi connectivity index (χ3v) is 5.09. The fourth-order valence-electron chi connectivity index (χ4n) is 2.32. The highest BCUT2D eigenvalue weighted by Gasteiger charge is 2.20. The lowest BCUT2D eigenvalue weighted by Crippen LogP contribution is -2.15. The molecule has 0 aliphatic rings. The molecule has 0 radical (unpaired) electrons. The molecule has 0 aliphatic carbocycles. The molecule has 3 rings (SSSR count). The number of aromatic nitrogens is 3. The van der Waals surface area contributed by atoms with Gasteiger partial charge in [0.25, 0.3) is 21.6 Å². The van der Waals surface area contributed by atoms with E-state index in [1.807, 2.05) is 0 Å². The molecule has 0 spiro atoms. The van der Waals surface area contributed by atoms with Crippen LogP contribution in [0.4, 0.5) is 17.3 Å². The number of nitrogens with one attached hydrogen (secondary N) is 3. The van der Waals surface area contributed by atoms with Gasteiger partial charge in [-0.15, -0.1) is 0 Å². The Morgan fingerprint density at radius 1 is 1.21 bits per heavy atom. The Bertz CT molecular complexity index is 1150. The van der Waals surface area contributed by atoms with E-state index in [1.165, 1.54) is 49.8 Å². The summed E-state index contributed by atoms with van der Waals surface area (Å²) in [7, 11) is -2.79. The molecule has 13 heteroatoms. The number of anilines is 2. The number of nitro benzene ring substituents is 1. The summed E-state index contributed by atoms with van der Waals surface area (Å²) in [5.74, 6) is -0.257. The van der Waals surface area contributed by atoms with Crippen LogP contribution in [0.3, 0.4) is 0 Å². The van der Waals surface area contributed by atoms with Gasteiger partial charge in [-0.05, 0) is 30.3 Å². The van der Waals surface area contributed by atoms with Crippen molar-refractivity contribution in [3.05, 3.63) is 64.5 Å². The molecule has 12 nitrogen and oxygen atoms in total. The van der Waals surface area contributed by atoms with Crippen molar-refractivity contribution in [3.8, 4) is 5.75 Å². The fourth-order valence-corrected chi connectivity index (χ4v) is 3.39. The lowest BCUT2D eigenvalue weighted by atomic mass is 10.2. The Labute approximate surface area is 164 Å². The first kappa shape index (κ1) is 19.8. The molecule has 3 aromatic rings. The number of H-pyrrole nitrogens is 1. The summed E-state index contributed by atoms with van der Waals surface area (Å²) in [6, 6.07) is 8.60. The molecule has 2 aromatic carbocycles. The van der Waals surface area contributed by atoms with Crippen LogP contribution in [0, 0.1) is 10.1 Å². The predicted octanol–water partition coefficient (Wildman–Crippen LogP) is 1.77. The van der Waals surface area contributed by atoms with Gasteiger partial charge in [0.15, 0.2) is 0 Å². The van der Waals surface area contributed by atoms with Gasteiger partial charge in [-0.3, -0.25) is 24.9 Å². The molecule has 0 unspecified atom stereocenters. The van der Waals surface area contributed by atoms with Crippen molar-refractivity contribution in [1.82, 2.24) is 15.2 Å². The molecule has 0 saturated carbocycles. The fraction of sp³-hybridized carbons (Fsp3) is 0.0625. The number of non-ortho nitro benzene ring substituents is 1. The van der Waals surface area contributed by atoms with E-state index < -0.39 is 20.9 Å². The first-order valence-electron chi connectivity index (χ1n) is 7.92. The number of benzene rings is 2. The number of carbonyl (C=O) groups excluding carboxylic acids is 1. The first-order chi connectivity index (χ1) is 13.8. The van der Waals surface area contributed by atoms with E-state index in [1.54, 1.807) is 0 Å². The van der Waals surface area contributed by atoms with Crippen molar-refractivity contribution in [1.29, 1.82) is 0 Å². The molecule has 0 saturated heterocycles. The van der Waals surface area contributed by atoms with E-state index in [-0.39, 0.29) is 33.5 Å². The number of nitro groups is 1. The highest BCUT2D eigenvalue weighted by Crippen LogP contribution is 2.30. The summed E-state index contributed by atoms with van der Waals surface area (Å²) in [5.41, 5.74) is -0.204. The molecule has 1 aromatic heterocycles. The van der Waals surface area contributed by atoms with Gasteiger partial charge in [-0.25, -0.2) is 13.5 Å². The van der Waals surface area contributed by atoms with E-state index in [2.05, 4.69) is 25.2 Å². The standard InChI is InChI=1S/C16H14N6O6S/c1-28-14-7-4-11(22(24)25)8-13(14)21-29(26,27)12-5-2-10(3-6-12)15(23)19-16-17-9-18-20-16/h2-9,21H,1H3,(H2,17,18,19,20,23). The molecular formula is C16H14N6O6S. The smallest absolute Gasteiger partial charge is 0.271 e. The largest absolute Gasteiger partial charge is 0.495 e. The van der Waals surface area contributed by atoms with Gasteiger partial charge in [0.2, 0.25) is 5.95 Å². The maximum atomic E-state index is 12.6. The van der Waals surface area contributed by atoms with E-state index in [0.717, 1.165) is 6.07 Å². The van der Waals surface area contributed by atoms with Crippen LogP contribution in [-0.2, 0) is 10.0 Å². The number of nitrogens with zero attached hydrogens (tertiary/aromatic N) is 3. The van der Waals surface area contributed by atoms with Gasteiger partial charge in [0, 0.05) is 17.7 Å². The van der Waals surface area contributed by atoms with Crippen molar-refractivity contribution in [2.45, 2.75) is 4.90 Å². The minimum absolute atomic E-state index is 0.0890. The van der Waals surface area contributed by atoms with Crippen LogP contribution < -0.4 is 14.8 Å². The SMILES string of the molecule is COc1ccc([N+](=O)[O-])cc1NS(=O)(=O)c1ccc(C(=O)Nc2ncn[nH]2)cc1. The Hall–Kier alpha value is -4.00. The summed E-state index contributed by atoms with van der Waals surface area (Å²) >= 11 is 0. The van der Waals surface area contributed by atoms with Crippen LogP contribution in [0.15, 0.2) is 53.7 Å². The number of hydrogen-bond acceptors (Lipinski definition) is 8. The van der Waals surface area contributed by atoms with Crippen LogP contribution in [0.2, 0.25) is 0 Å². The average molecular weight is 418 g/mol. The van der Waals surface area contributed by atoms with Crippen LogP contribution in [0.5, 0.6) is 5.75 Å². The van der Waals surface area contributed by atoms with Crippen LogP contribution in [-0.4, -0.2) is 41.5 Å². The summed E-state index contributed by atoms with van der Waals surface area (Å²) in [4.78, 5) is 26.0. The average Bonchev–Trinajstić information content (AvgIpc) is 3.20. The molecule has 3 N–H and O–H groups in total. The summed E-state index contributed by atoms with van der Waals surface area (Å²) in [5, 5.41) is 19.5. The third kappa shape index (κ3) is 4.47. The van der Waals surface area contributed by atoms with Crippen molar-refractivity contribution in [2.24, 2.45) is 0 Å². The van der Waals surface area contributed by atoms with E-state index >= 15 is 0 Å². The second kappa shape index (κ2) is 7.93. The lowest BCUT2D eigenvalue weighted by molar-refractivity contribution is -0.384. The van der Waals surface area contributed by atoms with Crippen LogP contribution >= 0.6 is 0 Å². The third-order valence-electron chi connectivity index (χ3n) is 3.71. The summed E-state index contributed by atoms with van der Waals surface area (Å²) in [6.07, 6.45) is 1.22. The molecule has 1 amide bonds. The van der Waals surface area contributed by atoms with Crippen molar-refractivity contribution >= 4 is 33.3 Å². The number of ether oxygens (including phenoxy) is 1. The second-order valence-corrected chi connectivity index (χ2v) is 7.24. The Balaban J connectivity index is 1.82. The maximum Gasteiger partial charge on any atom is 0.271 e. The molecule has 29 heavy (non-hydrogen) atoms. The molecule has 150 valence electrons. The number of rotatable bonds is 7. The minimum atomic E-state index is -4.09. The zero-order valence-electron chi connectivity index (χ0n) is 14.8. The first-order valence-corrected chi connectivity index (χ1v) is 9.40. The molecule has 0 bridgehead atoms. The Kier molecular flexibility index (Phi) is 5.40. The van der Waals surface area contributed by atoms with Gasteiger partial charge in [-0.2, -0.15) is 10.1 Å². The number of aromatic amines is 1. The summed E-state index contributed by atoms with van der Waals surface area (Å²) < 4.78 is 32.6. The quantitative estimate of drug-likeness (QED) is 0.385. The van der Waals surface area contributed by atoms with E-state index in [0.29, 0.717) is 0 Å². The Morgan fingerprint density at radius 2 is 1.93 bits per heavy atom. The molecule has 0 aliphatic heterocycles. The monoisotopic (exact) mass is 418 g/mol. The van der Waals surface area contributed by atoms with Gasteiger partial charge in [0.1, 0.15) is 12.1 Å². The maximum absolute atomic E-state index is 12.6. The van der Waals surface area contributed by atoms with Crippen molar-refractivity contribution in [2.75, 3.05) is 17.1 Å². The van der Waals surface area contributed by atoms with Gasteiger partial charge in [0.05, 0.1) is 22.6 Å². The number of carbonyl (C=O) groups is 1. The topological polar surface area (TPSA) is 169 Å². The van der Waals surface area contributed by atoms with Crippen molar-refractivity contribution < 1.29 is 22.9 Å². The lowest BCUT2D eigenvalue weighted by Gasteiger charge is -2.12. The molecule has 0 fully saturated rings. The van der Waals surface area contributed by atoms with Gasteiger partial charge < -0.3 is 4.74 Å². The molecular weight excluding hydrogens is 404 g/mol. The normalized spacial score (nSPS) is 10.9. The second-order valence-electron chi connectivity index (χ2n) is 5.56. The molecule has 1 heterocycles. The van der Waals surface area contributed by atoms with E-state index in [4.69, 9.17) is 4.74 Å². The van der Waals surface area contributed by atoms with Gasteiger partial charge >= 0.3 is 0 Å². The summed E-state index contributed by atoms with van der Waals surface area (Å²) in [6.45, 7) is 0. The Morgan fingerprint density at radius 3 is 2.52 bits per heavy atom.